The van der Waals surface area contributed by atoms with Crippen molar-refractivity contribution in [2.24, 2.45) is 0 Å². The number of hydrogen-bond acceptors (Lipinski definition) is 3. The minimum absolute atomic E-state index is 0.222. The SMILES string of the molecule is CCN(Cc1cccc(F)c1)C(=O)C(C)n1c(=O)oc2ccccc21. The summed E-state index contributed by atoms with van der Waals surface area (Å²) in [6.45, 7) is 4.24. The molecule has 0 aliphatic carbocycles. The van der Waals surface area contributed by atoms with Gasteiger partial charge in [-0.15, -0.1) is 0 Å². The van der Waals surface area contributed by atoms with Gasteiger partial charge in [0, 0.05) is 13.1 Å². The summed E-state index contributed by atoms with van der Waals surface area (Å²) in [7, 11) is 0. The highest BCUT2D eigenvalue weighted by Gasteiger charge is 2.25. The summed E-state index contributed by atoms with van der Waals surface area (Å²) in [5.41, 5.74) is 1.72. The van der Waals surface area contributed by atoms with Crippen molar-refractivity contribution < 1.29 is 13.6 Å². The van der Waals surface area contributed by atoms with Gasteiger partial charge in [0.2, 0.25) is 5.91 Å². The summed E-state index contributed by atoms with van der Waals surface area (Å²) in [6.07, 6.45) is 0. The normalized spacial score (nSPS) is 12.3. The van der Waals surface area contributed by atoms with E-state index in [1.807, 2.05) is 6.92 Å². The number of nitrogens with zero attached hydrogens (tertiary/aromatic N) is 2. The smallest absolute Gasteiger partial charge is 0.408 e. The Labute approximate surface area is 144 Å². The van der Waals surface area contributed by atoms with E-state index in [1.165, 1.54) is 16.7 Å². The molecule has 25 heavy (non-hydrogen) atoms. The van der Waals surface area contributed by atoms with Crippen molar-refractivity contribution in [2.45, 2.75) is 26.4 Å². The Kier molecular flexibility index (Phi) is 4.70. The Balaban J connectivity index is 1.89. The molecule has 6 heteroatoms. The summed E-state index contributed by atoms with van der Waals surface area (Å²) >= 11 is 0. The third-order valence-corrected chi connectivity index (χ3v) is 4.22. The molecule has 0 fully saturated rings. The lowest BCUT2D eigenvalue weighted by atomic mass is 10.2. The molecule has 0 aliphatic heterocycles. The molecule has 0 bridgehead atoms. The standard InChI is InChI=1S/C19H19FN2O3/c1-3-21(12-14-7-6-8-15(20)11-14)18(23)13(2)22-16-9-4-5-10-17(16)25-19(22)24/h4-11,13H,3,12H2,1-2H3. The van der Waals surface area contributed by atoms with Crippen LogP contribution in [0, 0.1) is 5.82 Å². The molecule has 2 aromatic carbocycles. The van der Waals surface area contributed by atoms with E-state index in [9.17, 15) is 14.0 Å². The van der Waals surface area contributed by atoms with E-state index in [1.54, 1.807) is 48.2 Å². The second-order valence-corrected chi connectivity index (χ2v) is 5.86. The molecule has 1 atom stereocenters. The number of halogens is 1. The van der Waals surface area contributed by atoms with Gasteiger partial charge in [-0.1, -0.05) is 24.3 Å². The molecule has 1 aromatic heterocycles. The van der Waals surface area contributed by atoms with Crippen LogP contribution in [0.1, 0.15) is 25.5 Å². The Morgan fingerprint density at radius 1 is 1.24 bits per heavy atom. The van der Waals surface area contributed by atoms with Gasteiger partial charge in [-0.25, -0.2) is 9.18 Å². The van der Waals surface area contributed by atoms with E-state index in [0.29, 0.717) is 23.2 Å². The molecular formula is C19H19FN2O3. The number of amides is 1. The second kappa shape index (κ2) is 6.93. The van der Waals surface area contributed by atoms with Crippen LogP contribution in [0.3, 0.4) is 0 Å². The molecule has 5 nitrogen and oxygen atoms in total. The van der Waals surface area contributed by atoms with Crippen LogP contribution in [0.2, 0.25) is 0 Å². The first kappa shape index (κ1) is 17.0. The Morgan fingerprint density at radius 2 is 2.00 bits per heavy atom. The number of hydrogen-bond donors (Lipinski definition) is 0. The van der Waals surface area contributed by atoms with E-state index in [0.717, 1.165) is 0 Å². The third-order valence-electron chi connectivity index (χ3n) is 4.22. The molecule has 0 spiro atoms. The van der Waals surface area contributed by atoms with Gasteiger partial charge >= 0.3 is 5.76 Å². The molecule has 0 saturated carbocycles. The van der Waals surface area contributed by atoms with Crippen molar-refractivity contribution in [2.75, 3.05) is 6.54 Å². The third kappa shape index (κ3) is 3.33. The van der Waals surface area contributed by atoms with Gasteiger partial charge in [0.05, 0.1) is 5.52 Å². The lowest BCUT2D eigenvalue weighted by Crippen LogP contribution is -2.38. The molecule has 1 amide bonds. The van der Waals surface area contributed by atoms with Gasteiger partial charge < -0.3 is 9.32 Å². The fraction of sp³-hybridized carbons (Fsp3) is 0.263. The van der Waals surface area contributed by atoms with E-state index in [-0.39, 0.29) is 18.3 Å². The summed E-state index contributed by atoms with van der Waals surface area (Å²) in [4.78, 5) is 26.7. The quantitative estimate of drug-likeness (QED) is 0.714. The number of likely N-dealkylation sites (N-methyl/N-ethyl adjacent to an activating group) is 1. The van der Waals surface area contributed by atoms with Crippen molar-refractivity contribution in [3.8, 4) is 0 Å². The predicted octanol–water partition coefficient (Wildman–Crippen LogP) is 3.34. The van der Waals surface area contributed by atoms with E-state index >= 15 is 0 Å². The number of fused-ring (bicyclic) bond motifs is 1. The van der Waals surface area contributed by atoms with E-state index in [4.69, 9.17) is 4.42 Å². The zero-order valence-corrected chi connectivity index (χ0v) is 14.1. The van der Waals surface area contributed by atoms with Crippen LogP contribution in [0.25, 0.3) is 11.1 Å². The molecule has 3 rings (SSSR count). The Morgan fingerprint density at radius 3 is 2.72 bits per heavy atom. The highest BCUT2D eigenvalue weighted by Crippen LogP contribution is 2.19. The summed E-state index contributed by atoms with van der Waals surface area (Å²) in [5, 5.41) is 0. The highest BCUT2D eigenvalue weighted by atomic mass is 19.1. The van der Waals surface area contributed by atoms with Crippen LogP contribution in [-0.4, -0.2) is 21.9 Å². The van der Waals surface area contributed by atoms with Gasteiger partial charge in [-0.05, 0) is 43.7 Å². The lowest BCUT2D eigenvalue weighted by molar-refractivity contribution is -0.134. The van der Waals surface area contributed by atoms with Crippen molar-refractivity contribution in [3.05, 3.63) is 70.5 Å². The lowest BCUT2D eigenvalue weighted by Gasteiger charge is -2.25. The average molecular weight is 342 g/mol. The Bertz CT molecular complexity index is 960. The molecular weight excluding hydrogens is 323 g/mol. The van der Waals surface area contributed by atoms with Crippen molar-refractivity contribution in [1.29, 1.82) is 0 Å². The van der Waals surface area contributed by atoms with Gasteiger partial charge in [0.25, 0.3) is 0 Å². The number of rotatable bonds is 5. The first-order valence-electron chi connectivity index (χ1n) is 8.14. The van der Waals surface area contributed by atoms with Gasteiger partial charge in [-0.3, -0.25) is 9.36 Å². The number of benzene rings is 2. The fourth-order valence-electron chi connectivity index (χ4n) is 2.93. The molecule has 0 aliphatic rings. The maximum atomic E-state index is 13.4. The van der Waals surface area contributed by atoms with Crippen molar-refractivity contribution in [1.82, 2.24) is 9.47 Å². The minimum atomic E-state index is -0.718. The van der Waals surface area contributed by atoms with Crippen LogP contribution in [0.15, 0.2) is 57.7 Å². The number of aromatic nitrogens is 1. The molecule has 1 unspecified atom stereocenters. The zero-order valence-electron chi connectivity index (χ0n) is 14.1. The van der Waals surface area contributed by atoms with Crippen LogP contribution in [0.4, 0.5) is 4.39 Å². The molecule has 0 radical (unpaired) electrons. The van der Waals surface area contributed by atoms with Gasteiger partial charge in [-0.2, -0.15) is 0 Å². The van der Waals surface area contributed by atoms with E-state index < -0.39 is 11.8 Å². The van der Waals surface area contributed by atoms with Crippen LogP contribution >= 0.6 is 0 Å². The number of oxazole rings is 1. The number of carbonyl (C=O) groups is 1. The van der Waals surface area contributed by atoms with Crippen LogP contribution < -0.4 is 5.76 Å². The largest absolute Gasteiger partial charge is 0.420 e. The first-order valence-corrected chi connectivity index (χ1v) is 8.14. The monoisotopic (exact) mass is 342 g/mol. The molecule has 0 saturated heterocycles. The Hall–Kier alpha value is -2.89. The molecule has 130 valence electrons. The second-order valence-electron chi connectivity index (χ2n) is 5.86. The number of para-hydroxylation sites is 2. The van der Waals surface area contributed by atoms with Gasteiger partial charge in [0.1, 0.15) is 11.9 Å². The number of carbonyl (C=O) groups excluding carboxylic acids is 1. The van der Waals surface area contributed by atoms with Crippen molar-refractivity contribution >= 4 is 17.0 Å². The predicted molar refractivity (Wildman–Crippen MR) is 92.7 cm³/mol. The zero-order chi connectivity index (χ0) is 18.0. The maximum Gasteiger partial charge on any atom is 0.420 e. The average Bonchev–Trinajstić information content (AvgIpc) is 2.94. The van der Waals surface area contributed by atoms with E-state index in [2.05, 4.69) is 0 Å². The highest BCUT2D eigenvalue weighted by molar-refractivity contribution is 5.83. The first-order chi connectivity index (χ1) is 12.0. The van der Waals surface area contributed by atoms with Crippen LogP contribution in [0.5, 0.6) is 0 Å². The minimum Gasteiger partial charge on any atom is -0.408 e. The van der Waals surface area contributed by atoms with Gasteiger partial charge in [0.15, 0.2) is 5.58 Å². The van der Waals surface area contributed by atoms with Crippen LogP contribution in [-0.2, 0) is 11.3 Å². The van der Waals surface area contributed by atoms with Crippen molar-refractivity contribution in [3.63, 3.8) is 0 Å². The topological polar surface area (TPSA) is 55.5 Å². The molecule has 3 aromatic rings. The molecule has 1 heterocycles. The summed E-state index contributed by atoms with van der Waals surface area (Å²) in [5.74, 6) is -1.13. The fourth-order valence-corrected chi connectivity index (χ4v) is 2.93. The molecule has 0 N–H and O–H groups in total. The maximum absolute atomic E-state index is 13.4. The summed E-state index contributed by atoms with van der Waals surface area (Å²) in [6, 6.07) is 12.4. The summed E-state index contributed by atoms with van der Waals surface area (Å²) < 4.78 is 19.9.